The van der Waals surface area contributed by atoms with Crippen LogP contribution < -0.4 is 10.1 Å². The lowest BCUT2D eigenvalue weighted by Gasteiger charge is -2.13. The summed E-state index contributed by atoms with van der Waals surface area (Å²) in [5.74, 6) is 0.719. The maximum absolute atomic E-state index is 13.2. The molecule has 0 bridgehead atoms. The van der Waals surface area contributed by atoms with Gasteiger partial charge in [0, 0.05) is 12.5 Å². The van der Waals surface area contributed by atoms with Gasteiger partial charge in [-0.2, -0.15) is 0 Å². The van der Waals surface area contributed by atoms with Gasteiger partial charge < -0.3 is 10.1 Å². The van der Waals surface area contributed by atoms with E-state index in [-0.39, 0.29) is 17.6 Å². The maximum Gasteiger partial charge on any atom is 0.224 e. The highest BCUT2D eigenvalue weighted by Crippen LogP contribution is 2.29. The Morgan fingerprint density at radius 2 is 1.95 bits per heavy atom. The predicted octanol–water partition coefficient (Wildman–Crippen LogP) is 4.60. The van der Waals surface area contributed by atoms with Gasteiger partial charge in [0.05, 0.1) is 5.69 Å². The number of hydrogen-bond acceptors (Lipinski definition) is 2. The maximum atomic E-state index is 13.2. The summed E-state index contributed by atoms with van der Waals surface area (Å²) in [5.41, 5.74) is 0.576. The molecule has 0 radical (unpaired) electrons. The van der Waals surface area contributed by atoms with E-state index < -0.39 is 0 Å². The number of halogens is 1. The van der Waals surface area contributed by atoms with Crippen molar-refractivity contribution in [2.24, 2.45) is 5.92 Å². The van der Waals surface area contributed by atoms with E-state index >= 15 is 0 Å². The zero-order chi connectivity index (χ0) is 15.2. The molecule has 21 heavy (non-hydrogen) atoms. The van der Waals surface area contributed by atoms with Crippen LogP contribution >= 0.6 is 0 Å². The minimum atomic E-state index is -0.367. The Balaban J connectivity index is 2.15. The molecule has 4 heteroatoms. The normalized spacial score (nSPS) is 10.5. The monoisotopic (exact) mass is 287 g/mol. The summed E-state index contributed by atoms with van der Waals surface area (Å²) < 4.78 is 18.8. The molecule has 3 nitrogen and oxygen atoms in total. The van der Waals surface area contributed by atoms with Gasteiger partial charge >= 0.3 is 0 Å². The number of ether oxygens (including phenoxy) is 1. The molecule has 0 saturated carbocycles. The average Bonchev–Trinajstić information content (AvgIpc) is 2.40. The molecule has 2 aromatic carbocycles. The Morgan fingerprint density at radius 1 is 1.19 bits per heavy atom. The van der Waals surface area contributed by atoms with Gasteiger partial charge in [-0.05, 0) is 30.2 Å². The smallest absolute Gasteiger partial charge is 0.224 e. The molecule has 0 aromatic heterocycles. The summed E-state index contributed by atoms with van der Waals surface area (Å²) in [5, 5.41) is 2.82. The third-order valence-corrected chi connectivity index (χ3v) is 2.78. The molecule has 0 heterocycles. The summed E-state index contributed by atoms with van der Waals surface area (Å²) >= 11 is 0. The molecule has 2 aromatic rings. The van der Waals surface area contributed by atoms with E-state index in [1.54, 1.807) is 30.3 Å². The molecular formula is C17H18FNO2. The van der Waals surface area contributed by atoms with E-state index in [9.17, 15) is 9.18 Å². The van der Waals surface area contributed by atoms with E-state index in [2.05, 4.69) is 5.32 Å². The molecular weight excluding hydrogens is 269 g/mol. The predicted molar refractivity (Wildman–Crippen MR) is 81.0 cm³/mol. The molecule has 0 saturated heterocycles. The molecule has 110 valence electrons. The minimum Gasteiger partial charge on any atom is -0.455 e. The number of carbonyl (C=O) groups is 1. The van der Waals surface area contributed by atoms with Gasteiger partial charge in [0.15, 0.2) is 5.75 Å². The Hall–Kier alpha value is -2.36. The Morgan fingerprint density at radius 3 is 2.67 bits per heavy atom. The van der Waals surface area contributed by atoms with E-state index in [0.29, 0.717) is 23.6 Å². The Kier molecular flexibility index (Phi) is 4.93. The number of benzene rings is 2. The van der Waals surface area contributed by atoms with E-state index in [1.165, 1.54) is 12.1 Å². The second kappa shape index (κ2) is 6.88. The topological polar surface area (TPSA) is 38.3 Å². The van der Waals surface area contributed by atoms with Crippen LogP contribution in [-0.2, 0) is 4.79 Å². The van der Waals surface area contributed by atoms with Crippen LogP contribution in [0.4, 0.5) is 10.1 Å². The van der Waals surface area contributed by atoms with Crippen LogP contribution in [0, 0.1) is 11.7 Å². The van der Waals surface area contributed by atoms with Gasteiger partial charge in [-0.25, -0.2) is 4.39 Å². The van der Waals surface area contributed by atoms with Crippen molar-refractivity contribution in [3.63, 3.8) is 0 Å². The third kappa shape index (κ3) is 4.60. The zero-order valence-corrected chi connectivity index (χ0v) is 12.1. The summed E-state index contributed by atoms with van der Waals surface area (Å²) in [6.07, 6.45) is 0.439. The van der Waals surface area contributed by atoms with E-state index in [0.717, 1.165) is 0 Å². The summed E-state index contributed by atoms with van der Waals surface area (Å²) in [6, 6.07) is 13.0. The van der Waals surface area contributed by atoms with Gasteiger partial charge in [-0.3, -0.25) is 4.79 Å². The van der Waals surface area contributed by atoms with Crippen molar-refractivity contribution in [1.82, 2.24) is 0 Å². The number of para-hydroxylation sites is 2. The van der Waals surface area contributed by atoms with Crippen molar-refractivity contribution >= 4 is 11.6 Å². The summed E-state index contributed by atoms with van der Waals surface area (Å²) in [4.78, 5) is 11.9. The molecule has 0 unspecified atom stereocenters. The zero-order valence-electron chi connectivity index (χ0n) is 12.1. The second-order valence-electron chi connectivity index (χ2n) is 5.20. The quantitative estimate of drug-likeness (QED) is 0.872. The van der Waals surface area contributed by atoms with Crippen LogP contribution in [0.1, 0.15) is 20.3 Å². The van der Waals surface area contributed by atoms with Gasteiger partial charge in [0.25, 0.3) is 0 Å². The summed E-state index contributed by atoms with van der Waals surface area (Å²) in [6.45, 7) is 3.96. The van der Waals surface area contributed by atoms with Crippen molar-refractivity contribution in [2.45, 2.75) is 20.3 Å². The highest BCUT2D eigenvalue weighted by atomic mass is 19.1. The molecule has 1 amide bonds. The highest BCUT2D eigenvalue weighted by Gasteiger charge is 2.10. The van der Waals surface area contributed by atoms with Crippen molar-refractivity contribution in [3.05, 3.63) is 54.3 Å². The standard InChI is InChI=1S/C17H18FNO2/c1-12(2)10-17(20)19-15-8-3-4-9-16(15)21-14-7-5-6-13(18)11-14/h3-9,11-12H,10H2,1-2H3,(H,19,20). The molecule has 1 N–H and O–H groups in total. The van der Waals surface area contributed by atoms with E-state index in [1.807, 2.05) is 19.9 Å². The van der Waals surface area contributed by atoms with Gasteiger partial charge in [-0.1, -0.05) is 32.0 Å². The molecule has 0 spiro atoms. The lowest BCUT2D eigenvalue weighted by atomic mass is 10.1. The van der Waals surface area contributed by atoms with Crippen LogP contribution in [0.15, 0.2) is 48.5 Å². The van der Waals surface area contributed by atoms with Gasteiger partial charge in [-0.15, -0.1) is 0 Å². The second-order valence-corrected chi connectivity index (χ2v) is 5.20. The molecule has 0 fully saturated rings. The minimum absolute atomic E-state index is 0.0692. The van der Waals surface area contributed by atoms with Crippen LogP contribution in [0.25, 0.3) is 0 Å². The molecule has 0 aliphatic carbocycles. The number of hydrogen-bond donors (Lipinski definition) is 1. The third-order valence-electron chi connectivity index (χ3n) is 2.78. The Labute approximate surface area is 123 Å². The number of carbonyl (C=O) groups excluding carboxylic acids is 1. The van der Waals surface area contributed by atoms with Crippen molar-refractivity contribution < 1.29 is 13.9 Å². The van der Waals surface area contributed by atoms with Crippen LogP contribution in [-0.4, -0.2) is 5.91 Å². The van der Waals surface area contributed by atoms with E-state index in [4.69, 9.17) is 4.74 Å². The fourth-order valence-corrected chi connectivity index (χ4v) is 1.89. The number of anilines is 1. The molecule has 0 aliphatic heterocycles. The first-order chi connectivity index (χ1) is 10.0. The average molecular weight is 287 g/mol. The fourth-order valence-electron chi connectivity index (χ4n) is 1.89. The van der Waals surface area contributed by atoms with Crippen molar-refractivity contribution in [3.8, 4) is 11.5 Å². The number of rotatable bonds is 5. The van der Waals surface area contributed by atoms with Gasteiger partial charge in [0.1, 0.15) is 11.6 Å². The molecule has 2 rings (SSSR count). The first-order valence-corrected chi connectivity index (χ1v) is 6.87. The van der Waals surface area contributed by atoms with Crippen molar-refractivity contribution in [1.29, 1.82) is 0 Å². The largest absolute Gasteiger partial charge is 0.455 e. The van der Waals surface area contributed by atoms with Crippen molar-refractivity contribution in [2.75, 3.05) is 5.32 Å². The first-order valence-electron chi connectivity index (χ1n) is 6.87. The lowest BCUT2D eigenvalue weighted by Crippen LogP contribution is -2.14. The number of nitrogens with one attached hydrogen (secondary N) is 1. The SMILES string of the molecule is CC(C)CC(=O)Nc1ccccc1Oc1cccc(F)c1. The summed E-state index contributed by atoms with van der Waals surface area (Å²) in [7, 11) is 0. The number of amides is 1. The van der Waals surface area contributed by atoms with Crippen LogP contribution in [0.2, 0.25) is 0 Å². The van der Waals surface area contributed by atoms with Crippen LogP contribution in [0.5, 0.6) is 11.5 Å². The molecule has 0 atom stereocenters. The Bertz CT molecular complexity index is 626. The fraction of sp³-hybridized carbons (Fsp3) is 0.235. The van der Waals surface area contributed by atoms with Crippen LogP contribution in [0.3, 0.4) is 0 Å². The first kappa shape index (κ1) is 15.0. The highest BCUT2D eigenvalue weighted by molar-refractivity contribution is 5.92. The van der Waals surface area contributed by atoms with Gasteiger partial charge in [0.2, 0.25) is 5.91 Å². The lowest BCUT2D eigenvalue weighted by molar-refractivity contribution is -0.116. The molecule has 0 aliphatic rings.